The molecule has 110 valence electrons. The standard InChI is InChI=1S/C19H22O2/c1-14(20)21-18(15-8-6-5-7-9-15)16-10-12-17(13-11-16)19(2,3)4/h5-13,18H,1-4H3. The molecule has 1 atom stereocenters. The van der Waals surface area contributed by atoms with Crippen LogP contribution in [0, 0.1) is 0 Å². The number of hydrogen-bond acceptors (Lipinski definition) is 2. The molecule has 2 aromatic rings. The zero-order chi connectivity index (χ0) is 15.5. The molecule has 0 radical (unpaired) electrons. The van der Waals surface area contributed by atoms with Crippen molar-refractivity contribution in [2.45, 2.75) is 39.2 Å². The van der Waals surface area contributed by atoms with Crippen LogP contribution < -0.4 is 0 Å². The maximum atomic E-state index is 11.4. The van der Waals surface area contributed by atoms with Crippen LogP contribution in [-0.2, 0) is 14.9 Å². The largest absolute Gasteiger partial charge is 0.453 e. The van der Waals surface area contributed by atoms with Crippen molar-refractivity contribution in [3.8, 4) is 0 Å². The quantitative estimate of drug-likeness (QED) is 0.767. The Morgan fingerprint density at radius 1 is 0.905 bits per heavy atom. The Balaban J connectivity index is 2.36. The summed E-state index contributed by atoms with van der Waals surface area (Å²) < 4.78 is 5.51. The van der Waals surface area contributed by atoms with E-state index in [2.05, 4.69) is 32.9 Å². The van der Waals surface area contributed by atoms with Gasteiger partial charge >= 0.3 is 5.97 Å². The van der Waals surface area contributed by atoms with E-state index in [0.717, 1.165) is 11.1 Å². The second kappa shape index (κ2) is 6.13. The van der Waals surface area contributed by atoms with Crippen LogP contribution in [0.3, 0.4) is 0 Å². The average Bonchev–Trinajstić information content (AvgIpc) is 2.45. The van der Waals surface area contributed by atoms with Crippen LogP contribution in [0.1, 0.15) is 50.5 Å². The minimum atomic E-state index is -0.349. The molecule has 0 spiro atoms. The first-order valence-electron chi connectivity index (χ1n) is 7.20. The molecule has 0 aromatic heterocycles. The summed E-state index contributed by atoms with van der Waals surface area (Å²) in [4.78, 5) is 11.4. The molecule has 2 heteroatoms. The lowest BCUT2D eigenvalue weighted by Crippen LogP contribution is -2.13. The van der Waals surface area contributed by atoms with Crippen molar-refractivity contribution < 1.29 is 9.53 Å². The summed E-state index contributed by atoms with van der Waals surface area (Å²) in [7, 11) is 0. The third kappa shape index (κ3) is 3.94. The van der Waals surface area contributed by atoms with E-state index in [0.29, 0.717) is 0 Å². The molecule has 0 bridgehead atoms. The van der Waals surface area contributed by atoms with E-state index in [1.165, 1.54) is 12.5 Å². The van der Waals surface area contributed by atoms with Gasteiger partial charge in [0.15, 0.2) is 6.10 Å². The van der Waals surface area contributed by atoms with Crippen LogP contribution in [0.25, 0.3) is 0 Å². The van der Waals surface area contributed by atoms with Crippen molar-refractivity contribution in [1.82, 2.24) is 0 Å². The maximum Gasteiger partial charge on any atom is 0.303 e. The molecule has 0 N–H and O–H groups in total. The van der Waals surface area contributed by atoms with Crippen LogP contribution in [0.2, 0.25) is 0 Å². The zero-order valence-electron chi connectivity index (χ0n) is 13.1. The average molecular weight is 282 g/mol. The highest BCUT2D eigenvalue weighted by molar-refractivity contribution is 5.66. The Bertz CT molecular complexity index is 592. The van der Waals surface area contributed by atoms with Gasteiger partial charge in [-0.25, -0.2) is 0 Å². The van der Waals surface area contributed by atoms with Gasteiger partial charge in [0.1, 0.15) is 0 Å². The molecule has 0 saturated carbocycles. The first-order chi connectivity index (χ1) is 9.88. The summed E-state index contributed by atoms with van der Waals surface area (Å²) >= 11 is 0. The maximum absolute atomic E-state index is 11.4. The van der Waals surface area contributed by atoms with E-state index in [9.17, 15) is 4.79 Å². The molecule has 2 nitrogen and oxygen atoms in total. The lowest BCUT2D eigenvalue weighted by molar-refractivity contribution is -0.144. The third-order valence-electron chi connectivity index (χ3n) is 3.47. The molecule has 0 aliphatic rings. The lowest BCUT2D eigenvalue weighted by atomic mass is 9.86. The smallest absolute Gasteiger partial charge is 0.303 e. The number of rotatable bonds is 3. The lowest BCUT2D eigenvalue weighted by Gasteiger charge is -2.22. The highest BCUT2D eigenvalue weighted by atomic mass is 16.5. The number of carbonyl (C=O) groups excluding carboxylic acids is 1. The summed E-state index contributed by atoms with van der Waals surface area (Å²) in [6, 6.07) is 18.1. The summed E-state index contributed by atoms with van der Waals surface area (Å²) in [6.45, 7) is 7.99. The number of hydrogen-bond donors (Lipinski definition) is 0. The SMILES string of the molecule is CC(=O)OC(c1ccccc1)c1ccc(C(C)(C)C)cc1. The first-order valence-corrected chi connectivity index (χ1v) is 7.20. The molecular weight excluding hydrogens is 260 g/mol. The zero-order valence-corrected chi connectivity index (χ0v) is 13.1. The monoisotopic (exact) mass is 282 g/mol. The topological polar surface area (TPSA) is 26.3 Å². The number of carbonyl (C=O) groups is 1. The molecule has 21 heavy (non-hydrogen) atoms. The van der Waals surface area contributed by atoms with Crippen molar-refractivity contribution in [3.05, 3.63) is 71.3 Å². The first kappa shape index (κ1) is 15.3. The van der Waals surface area contributed by atoms with E-state index in [4.69, 9.17) is 4.74 Å². The molecular formula is C19H22O2. The van der Waals surface area contributed by atoms with Crippen molar-refractivity contribution in [2.24, 2.45) is 0 Å². The minimum absolute atomic E-state index is 0.113. The molecule has 0 fully saturated rings. The highest BCUT2D eigenvalue weighted by Crippen LogP contribution is 2.29. The van der Waals surface area contributed by atoms with Gasteiger partial charge in [-0.1, -0.05) is 75.4 Å². The van der Waals surface area contributed by atoms with Gasteiger partial charge < -0.3 is 4.74 Å². The van der Waals surface area contributed by atoms with Crippen LogP contribution in [-0.4, -0.2) is 5.97 Å². The fourth-order valence-electron chi connectivity index (χ4n) is 2.28. The van der Waals surface area contributed by atoms with Crippen molar-refractivity contribution in [3.63, 3.8) is 0 Å². The van der Waals surface area contributed by atoms with E-state index in [1.807, 2.05) is 42.5 Å². The summed E-state index contributed by atoms with van der Waals surface area (Å²) in [5.41, 5.74) is 3.35. The fourth-order valence-corrected chi connectivity index (χ4v) is 2.28. The van der Waals surface area contributed by atoms with Gasteiger partial charge in [-0.15, -0.1) is 0 Å². The van der Waals surface area contributed by atoms with E-state index >= 15 is 0 Å². The van der Waals surface area contributed by atoms with Crippen molar-refractivity contribution in [1.29, 1.82) is 0 Å². The third-order valence-corrected chi connectivity index (χ3v) is 3.47. The molecule has 0 heterocycles. The highest BCUT2D eigenvalue weighted by Gasteiger charge is 2.19. The van der Waals surface area contributed by atoms with Crippen molar-refractivity contribution in [2.75, 3.05) is 0 Å². The fraction of sp³-hybridized carbons (Fsp3) is 0.316. The molecule has 2 aromatic carbocycles. The summed E-state index contributed by atoms with van der Waals surface area (Å²) in [5, 5.41) is 0. The van der Waals surface area contributed by atoms with E-state index < -0.39 is 0 Å². The normalized spacial score (nSPS) is 12.8. The number of ether oxygens (including phenoxy) is 1. The Morgan fingerprint density at radius 2 is 1.43 bits per heavy atom. The predicted octanol–water partition coefficient (Wildman–Crippen LogP) is 4.64. The van der Waals surface area contributed by atoms with Crippen LogP contribution in [0.4, 0.5) is 0 Å². The Morgan fingerprint density at radius 3 is 1.90 bits per heavy atom. The second-order valence-electron chi connectivity index (χ2n) is 6.27. The minimum Gasteiger partial charge on any atom is -0.453 e. The Kier molecular flexibility index (Phi) is 4.46. The van der Waals surface area contributed by atoms with Gasteiger partial charge in [-0.05, 0) is 22.1 Å². The molecule has 0 amide bonds. The summed E-state index contributed by atoms with van der Waals surface area (Å²) in [5.74, 6) is -0.274. The Labute approximate surface area is 126 Å². The molecule has 0 saturated heterocycles. The van der Waals surface area contributed by atoms with E-state index in [-0.39, 0.29) is 17.5 Å². The summed E-state index contributed by atoms with van der Waals surface area (Å²) in [6.07, 6.45) is -0.349. The van der Waals surface area contributed by atoms with Gasteiger partial charge in [0.2, 0.25) is 0 Å². The van der Waals surface area contributed by atoms with Crippen LogP contribution in [0.15, 0.2) is 54.6 Å². The van der Waals surface area contributed by atoms with Gasteiger partial charge in [0.05, 0.1) is 0 Å². The molecule has 0 aliphatic heterocycles. The predicted molar refractivity (Wildman–Crippen MR) is 85.2 cm³/mol. The van der Waals surface area contributed by atoms with Gasteiger partial charge in [0, 0.05) is 6.92 Å². The van der Waals surface area contributed by atoms with Crippen LogP contribution >= 0.6 is 0 Å². The number of benzene rings is 2. The van der Waals surface area contributed by atoms with E-state index in [1.54, 1.807) is 0 Å². The van der Waals surface area contributed by atoms with Crippen LogP contribution in [0.5, 0.6) is 0 Å². The molecule has 2 rings (SSSR count). The second-order valence-corrected chi connectivity index (χ2v) is 6.27. The van der Waals surface area contributed by atoms with Gasteiger partial charge in [0.25, 0.3) is 0 Å². The molecule has 0 aliphatic carbocycles. The Hall–Kier alpha value is -2.09. The van der Waals surface area contributed by atoms with Crippen molar-refractivity contribution >= 4 is 5.97 Å². The molecule has 1 unspecified atom stereocenters. The van der Waals surface area contributed by atoms with Gasteiger partial charge in [-0.3, -0.25) is 4.79 Å². The number of esters is 1. The van der Waals surface area contributed by atoms with Gasteiger partial charge in [-0.2, -0.15) is 0 Å².